The van der Waals surface area contributed by atoms with Gasteiger partial charge >= 0.3 is 0 Å². The Labute approximate surface area is 171 Å². The maximum Gasteiger partial charge on any atom is 0.269 e. The molecule has 0 saturated heterocycles. The van der Waals surface area contributed by atoms with E-state index >= 15 is 0 Å². The summed E-state index contributed by atoms with van der Waals surface area (Å²) >= 11 is 0. The molecule has 0 radical (unpaired) electrons. The van der Waals surface area contributed by atoms with Crippen LogP contribution >= 0.6 is 0 Å². The van der Waals surface area contributed by atoms with Crippen LogP contribution in [-0.2, 0) is 0 Å². The molecule has 0 aliphatic rings. The largest absolute Gasteiger partial charge is 0.490 e. The number of non-ortho nitro benzene ring substituents is 1. The van der Waals surface area contributed by atoms with Crippen molar-refractivity contribution in [1.29, 1.82) is 0 Å². The van der Waals surface area contributed by atoms with Crippen LogP contribution in [0.3, 0.4) is 0 Å². The maximum absolute atomic E-state index is 13.0. The molecule has 0 aliphatic heterocycles. The monoisotopic (exact) mass is 400 g/mol. The molecule has 0 spiro atoms. The van der Waals surface area contributed by atoms with Gasteiger partial charge in [0.15, 0.2) is 11.5 Å². The second-order valence-electron chi connectivity index (χ2n) is 6.80. The number of hydrogen-bond acceptors (Lipinski definition) is 5. The lowest BCUT2D eigenvalue weighted by Crippen LogP contribution is -2.29. The van der Waals surface area contributed by atoms with Crippen molar-refractivity contribution in [3.63, 3.8) is 0 Å². The Hall–Kier alpha value is -3.09. The molecule has 2 aromatic carbocycles. The number of hydrogen-bond donors (Lipinski definition) is 0. The lowest BCUT2D eigenvalue weighted by Gasteiger charge is -2.25. The quantitative estimate of drug-likeness (QED) is 0.414. The van der Waals surface area contributed by atoms with Crippen molar-refractivity contribution in [2.24, 2.45) is 0 Å². The lowest BCUT2D eigenvalue weighted by molar-refractivity contribution is -0.384. The van der Waals surface area contributed by atoms with Crippen LogP contribution in [0.15, 0.2) is 42.5 Å². The third-order valence-electron chi connectivity index (χ3n) is 4.58. The molecule has 0 N–H and O–H groups in total. The Kier molecular flexibility index (Phi) is 8.00. The van der Waals surface area contributed by atoms with Gasteiger partial charge in [0.25, 0.3) is 11.6 Å². The van der Waals surface area contributed by atoms with E-state index in [9.17, 15) is 14.9 Å². The van der Waals surface area contributed by atoms with Crippen molar-refractivity contribution in [1.82, 2.24) is 4.90 Å². The highest BCUT2D eigenvalue weighted by Gasteiger charge is 2.22. The number of nitrogens with zero attached hydrogens (tertiary/aromatic N) is 2. The summed E-state index contributed by atoms with van der Waals surface area (Å²) in [6, 6.07) is 11.1. The number of nitro groups is 1. The van der Waals surface area contributed by atoms with Gasteiger partial charge in [0.05, 0.1) is 24.2 Å². The van der Waals surface area contributed by atoms with Crippen molar-refractivity contribution < 1.29 is 19.2 Å². The van der Waals surface area contributed by atoms with Gasteiger partial charge in [0.1, 0.15) is 0 Å². The Morgan fingerprint density at radius 3 is 2.34 bits per heavy atom. The molecule has 2 rings (SSSR count). The van der Waals surface area contributed by atoms with Crippen LogP contribution in [0, 0.1) is 10.1 Å². The van der Waals surface area contributed by atoms with Crippen molar-refractivity contribution >= 4 is 11.6 Å². The van der Waals surface area contributed by atoms with Crippen LogP contribution in [0.1, 0.15) is 55.6 Å². The Bertz CT molecular complexity index is 853. The summed E-state index contributed by atoms with van der Waals surface area (Å²) in [4.78, 5) is 25.2. The minimum absolute atomic E-state index is 0.00266. The molecule has 7 nitrogen and oxygen atoms in total. The van der Waals surface area contributed by atoms with E-state index in [-0.39, 0.29) is 17.6 Å². The van der Waals surface area contributed by atoms with E-state index in [0.29, 0.717) is 35.8 Å². The number of benzene rings is 2. The fourth-order valence-corrected chi connectivity index (χ4v) is 2.80. The zero-order chi connectivity index (χ0) is 21.4. The van der Waals surface area contributed by atoms with Crippen LogP contribution in [-0.4, -0.2) is 36.0 Å². The first-order valence-corrected chi connectivity index (χ1v) is 9.80. The van der Waals surface area contributed by atoms with Crippen molar-refractivity contribution in [2.45, 2.75) is 39.7 Å². The highest BCUT2D eigenvalue weighted by Crippen LogP contribution is 2.31. The average Bonchev–Trinajstić information content (AvgIpc) is 2.74. The molecule has 1 amide bonds. The number of carbonyl (C=O) groups is 1. The van der Waals surface area contributed by atoms with Crippen molar-refractivity contribution in [3.8, 4) is 11.5 Å². The molecule has 0 fully saturated rings. The lowest BCUT2D eigenvalue weighted by atomic mass is 10.1. The van der Waals surface area contributed by atoms with E-state index < -0.39 is 4.92 Å². The molecule has 7 heteroatoms. The fourth-order valence-electron chi connectivity index (χ4n) is 2.80. The molecule has 0 saturated carbocycles. The molecule has 0 aliphatic carbocycles. The standard InChI is InChI=1S/C22H28N2O5/c1-5-12-28-20-11-10-18(15-21(20)29-13-6-2)22(25)23(4)16(3)17-8-7-9-19(14-17)24(26)27/h7-11,14-16H,5-6,12-13H2,1-4H3/t16-/m1/s1. The smallest absolute Gasteiger partial charge is 0.269 e. The SMILES string of the molecule is CCCOc1ccc(C(=O)N(C)[C@H](C)c2cccc([N+](=O)[O-])c2)cc1OCCC. The Balaban J connectivity index is 2.25. The van der Waals surface area contributed by atoms with Gasteiger partial charge < -0.3 is 14.4 Å². The van der Waals surface area contributed by atoms with E-state index in [1.807, 2.05) is 20.8 Å². The summed E-state index contributed by atoms with van der Waals surface area (Å²) in [5.41, 5.74) is 1.17. The maximum atomic E-state index is 13.0. The van der Waals surface area contributed by atoms with Crippen LogP contribution in [0.4, 0.5) is 5.69 Å². The number of carbonyl (C=O) groups excluding carboxylic acids is 1. The Morgan fingerprint density at radius 2 is 1.72 bits per heavy atom. The fraction of sp³-hybridized carbons (Fsp3) is 0.409. The minimum Gasteiger partial charge on any atom is -0.490 e. The van der Waals surface area contributed by atoms with Gasteiger partial charge in [-0.05, 0) is 43.5 Å². The predicted octanol–water partition coefficient (Wildman–Crippen LogP) is 5.01. The first-order chi connectivity index (χ1) is 13.9. The van der Waals surface area contributed by atoms with E-state index in [1.54, 1.807) is 42.3 Å². The van der Waals surface area contributed by atoms with Crippen molar-refractivity contribution in [3.05, 3.63) is 63.7 Å². The topological polar surface area (TPSA) is 81.9 Å². The highest BCUT2D eigenvalue weighted by molar-refractivity contribution is 5.95. The molecular weight excluding hydrogens is 372 g/mol. The number of nitro benzene ring substituents is 1. The van der Waals surface area contributed by atoms with Gasteiger partial charge in [-0.2, -0.15) is 0 Å². The number of amides is 1. The van der Waals surface area contributed by atoms with E-state index in [1.165, 1.54) is 12.1 Å². The first kappa shape index (κ1) is 22.2. The van der Waals surface area contributed by atoms with E-state index in [4.69, 9.17) is 9.47 Å². The summed E-state index contributed by atoms with van der Waals surface area (Å²) in [6.45, 7) is 6.97. The summed E-state index contributed by atoms with van der Waals surface area (Å²) < 4.78 is 11.5. The normalized spacial score (nSPS) is 11.6. The van der Waals surface area contributed by atoms with Gasteiger partial charge in [0.2, 0.25) is 0 Å². The van der Waals surface area contributed by atoms with Crippen LogP contribution in [0.5, 0.6) is 11.5 Å². The molecule has 2 aromatic rings. The van der Waals surface area contributed by atoms with Gasteiger partial charge in [0, 0.05) is 24.7 Å². The third kappa shape index (κ3) is 5.70. The second-order valence-corrected chi connectivity index (χ2v) is 6.80. The molecule has 0 bridgehead atoms. The molecule has 0 aromatic heterocycles. The summed E-state index contributed by atoms with van der Waals surface area (Å²) in [5, 5.41) is 11.0. The zero-order valence-electron chi connectivity index (χ0n) is 17.4. The molecule has 156 valence electrons. The molecule has 29 heavy (non-hydrogen) atoms. The first-order valence-electron chi connectivity index (χ1n) is 9.80. The van der Waals surface area contributed by atoms with Crippen LogP contribution in [0.2, 0.25) is 0 Å². The summed E-state index contributed by atoms with van der Waals surface area (Å²) in [6.07, 6.45) is 1.71. The number of rotatable bonds is 10. The molecule has 0 heterocycles. The van der Waals surface area contributed by atoms with E-state index in [0.717, 1.165) is 12.8 Å². The van der Waals surface area contributed by atoms with Gasteiger partial charge in [-0.1, -0.05) is 26.0 Å². The van der Waals surface area contributed by atoms with E-state index in [2.05, 4.69) is 0 Å². The van der Waals surface area contributed by atoms with Crippen molar-refractivity contribution in [2.75, 3.05) is 20.3 Å². The Morgan fingerprint density at radius 1 is 1.07 bits per heavy atom. The van der Waals surface area contributed by atoms with Crippen LogP contribution in [0.25, 0.3) is 0 Å². The van der Waals surface area contributed by atoms with Gasteiger partial charge in [-0.15, -0.1) is 0 Å². The summed E-state index contributed by atoms with van der Waals surface area (Å²) in [7, 11) is 1.68. The minimum atomic E-state index is -0.440. The molecule has 1 atom stereocenters. The molecular formula is C22H28N2O5. The highest BCUT2D eigenvalue weighted by atomic mass is 16.6. The van der Waals surface area contributed by atoms with Gasteiger partial charge in [-0.3, -0.25) is 14.9 Å². The van der Waals surface area contributed by atoms with Crippen LogP contribution < -0.4 is 9.47 Å². The predicted molar refractivity (Wildman–Crippen MR) is 112 cm³/mol. The zero-order valence-corrected chi connectivity index (χ0v) is 17.4. The molecule has 0 unspecified atom stereocenters. The second kappa shape index (κ2) is 10.5. The average molecular weight is 400 g/mol. The summed E-state index contributed by atoms with van der Waals surface area (Å²) in [5.74, 6) is 0.959. The third-order valence-corrected chi connectivity index (χ3v) is 4.58. The number of ether oxygens (including phenoxy) is 2. The van der Waals surface area contributed by atoms with Gasteiger partial charge in [-0.25, -0.2) is 0 Å².